The number of hydrogen-bond donors (Lipinski definition) is 2. The van der Waals surface area contributed by atoms with Gasteiger partial charge in [-0.1, -0.05) is 12.1 Å². The molecule has 90 valence electrons. The summed E-state index contributed by atoms with van der Waals surface area (Å²) in [6, 6.07) is 8.86. The fraction of sp³-hybridized carbons (Fsp3) is 0.333. The average Bonchev–Trinajstić information content (AvgIpc) is 2.36. The highest BCUT2D eigenvalue weighted by Crippen LogP contribution is 2.22. The third kappa shape index (κ3) is 4.10. The van der Waals surface area contributed by atoms with Crippen molar-refractivity contribution >= 4 is 17.7 Å². The van der Waals surface area contributed by atoms with Crippen LogP contribution in [0, 0.1) is 11.3 Å². The predicted octanol–water partition coefficient (Wildman–Crippen LogP) is 1.41. The van der Waals surface area contributed by atoms with E-state index in [1.165, 1.54) is 11.8 Å². The Kier molecular flexibility index (Phi) is 5.53. The zero-order valence-electron chi connectivity index (χ0n) is 9.51. The molecule has 17 heavy (non-hydrogen) atoms. The van der Waals surface area contributed by atoms with Gasteiger partial charge in [-0.05, 0) is 19.1 Å². The molecule has 0 saturated carbocycles. The van der Waals surface area contributed by atoms with Crippen molar-refractivity contribution in [2.24, 2.45) is 0 Å². The van der Waals surface area contributed by atoms with Gasteiger partial charge in [-0.25, -0.2) is 0 Å². The number of nitrogens with one attached hydrogen (secondary N) is 1. The Morgan fingerprint density at radius 2 is 2.29 bits per heavy atom. The summed E-state index contributed by atoms with van der Waals surface area (Å²) >= 11 is 1.33. The maximum atomic E-state index is 11.9. The molecule has 0 aliphatic carbocycles. The van der Waals surface area contributed by atoms with E-state index in [0.717, 1.165) is 4.90 Å². The molecule has 0 unspecified atom stereocenters. The summed E-state index contributed by atoms with van der Waals surface area (Å²) in [5.74, 6) is 0.0763. The summed E-state index contributed by atoms with van der Waals surface area (Å²) in [4.78, 5) is 12.7. The third-order valence-electron chi connectivity index (χ3n) is 2.08. The lowest BCUT2D eigenvalue weighted by Gasteiger charge is -2.12. The van der Waals surface area contributed by atoms with Crippen molar-refractivity contribution < 1.29 is 9.90 Å². The van der Waals surface area contributed by atoms with Gasteiger partial charge >= 0.3 is 0 Å². The quantitative estimate of drug-likeness (QED) is 0.775. The normalized spacial score (nSPS) is 11.6. The van der Waals surface area contributed by atoms with Crippen LogP contribution in [0.4, 0.5) is 0 Å². The summed E-state index contributed by atoms with van der Waals surface area (Å²) in [5.41, 5.74) is 0.535. The highest BCUT2D eigenvalue weighted by atomic mass is 32.2. The van der Waals surface area contributed by atoms with Gasteiger partial charge in [-0.15, -0.1) is 11.8 Å². The lowest BCUT2D eigenvalue weighted by Crippen LogP contribution is -2.35. The van der Waals surface area contributed by atoms with Gasteiger partial charge in [0.15, 0.2) is 0 Å². The van der Waals surface area contributed by atoms with Gasteiger partial charge in [0.1, 0.15) is 0 Å². The second-order valence-electron chi connectivity index (χ2n) is 3.50. The molecule has 0 aromatic heterocycles. The van der Waals surface area contributed by atoms with Crippen LogP contribution in [0.25, 0.3) is 0 Å². The number of thioether (sulfide) groups is 1. The van der Waals surface area contributed by atoms with Crippen LogP contribution in [0.2, 0.25) is 0 Å². The number of rotatable bonds is 5. The number of carbonyl (C=O) groups is 1. The SMILES string of the molecule is C[C@H](CO)NC(=O)c1ccccc1SCC#N. The number of nitriles is 1. The van der Waals surface area contributed by atoms with Gasteiger partial charge in [0.25, 0.3) is 5.91 Å². The Morgan fingerprint density at radius 3 is 2.94 bits per heavy atom. The summed E-state index contributed by atoms with van der Waals surface area (Å²) in [7, 11) is 0. The second kappa shape index (κ2) is 6.94. The van der Waals surface area contributed by atoms with E-state index in [0.29, 0.717) is 11.3 Å². The predicted molar refractivity (Wildman–Crippen MR) is 66.8 cm³/mol. The highest BCUT2D eigenvalue weighted by molar-refractivity contribution is 7.99. The number of hydrogen-bond acceptors (Lipinski definition) is 4. The standard InChI is InChI=1S/C12H14N2O2S/c1-9(8-15)14-12(16)10-4-2-3-5-11(10)17-7-6-13/h2-5,9,15H,7-8H2,1H3,(H,14,16)/t9-/m1/s1. The van der Waals surface area contributed by atoms with Crippen molar-refractivity contribution in [2.45, 2.75) is 17.9 Å². The molecule has 1 rings (SSSR count). The zero-order valence-corrected chi connectivity index (χ0v) is 10.3. The van der Waals surface area contributed by atoms with Crippen LogP contribution in [-0.2, 0) is 0 Å². The van der Waals surface area contributed by atoms with Gasteiger partial charge in [0.05, 0.1) is 24.0 Å². The van der Waals surface area contributed by atoms with E-state index in [4.69, 9.17) is 10.4 Å². The minimum Gasteiger partial charge on any atom is -0.394 e. The lowest BCUT2D eigenvalue weighted by molar-refractivity contribution is 0.0919. The largest absolute Gasteiger partial charge is 0.394 e. The maximum Gasteiger partial charge on any atom is 0.252 e. The van der Waals surface area contributed by atoms with Gasteiger partial charge < -0.3 is 10.4 Å². The molecular weight excluding hydrogens is 236 g/mol. The zero-order chi connectivity index (χ0) is 12.7. The Labute approximate surface area is 105 Å². The highest BCUT2D eigenvalue weighted by Gasteiger charge is 2.12. The summed E-state index contributed by atoms with van der Waals surface area (Å²) < 4.78 is 0. The van der Waals surface area contributed by atoms with E-state index in [9.17, 15) is 4.79 Å². The Hall–Kier alpha value is -1.51. The maximum absolute atomic E-state index is 11.9. The van der Waals surface area contributed by atoms with Crippen LogP contribution >= 0.6 is 11.8 Å². The Balaban J connectivity index is 2.82. The molecular formula is C12H14N2O2S. The second-order valence-corrected chi connectivity index (χ2v) is 4.52. The molecule has 1 amide bonds. The first-order chi connectivity index (χ1) is 8.19. The van der Waals surface area contributed by atoms with Crippen LogP contribution in [0.1, 0.15) is 17.3 Å². The van der Waals surface area contributed by atoms with Gasteiger partial charge in [-0.3, -0.25) is 4.79 Å². The van der Waals surface area contributed by atoms with E-state index in [-0.39, 0.29) is 18.6 Å². The van der Waals surface area contributed by atoms with E-state index in [1.54, 1.807) is 25.1 Å². The number of amides is 1. The fourth-order valence-electron chi connectivity index (χ4n) is 1.24. The molecule has 0 spiro atoms. The smallest absolute Gasteiger partial charge is 0.252 e. The van der Waals surface area contributed by atoms with Crippen molar-refractivity contribution in [1.29, 1.82) is 5.26 Å². The van der Waals surface area contributed by atoms with Crippen molar-refractivity contribution in [2.75, 3.05) is 12.4 Å². The van der Waals surface area contributed by atoms with Crippen molar-refractivity contribution in [3.63, 3.8) is 0 Å². The molecule has 5 heteroatoms. The Bertz CT molecular complexity index is 429. The van der Waals surface area contributed by atoms with Crippen LogP contribution in [0.15, 0.2) is 29.2 Å². The van der Waals surface area contributed by atoms with E-state index < -0.39 is 0 Å². The molecule has 1 aromatic rings. The Morgan fingerprint density at radius 1 is 1.59 bits per heavy atom. The third-order valence-corrected chi connectivity index (χ3v) is 3.02. The van der Waals surface area contributed by atoms with Crippen molar-refractivity contribution in [3.05, 3.63) is 29.8 Å². The first-order valence-corrected chi connectivity index (χ1v) is 6.18. The topological polar surface area (TPSA) is 73.1 Å². The molecule has 0 aliphatic rings. The molecule has 2 N–H and O–H groups in total. The van der Waals surface area contributed by atoms with E-state index in [2.05, 4.69) is 5.32 Å². The van der Waals surface area contributed by atoms with Crippen molar-refractivity contribution in [1.82, 2.24) is 5.32 Å². The molecule has 1 aromatic carbocycles. The molecule has 0 saturated heterocycles. The summed E-state index contributed by atoms with van der Waals surface area (Å²) in [6.07, 6.45) is 0. The van der Waals surface area contributed by atoms with E-state index >= 15 is 0 Å². The molecule has 1 atom stereocenters. The number of benzene rings is 1. The first kappa shape index (κ1) is 13.6. The number of nitrogens with zero attached hydrogens (tertiary/aromatic N) is 1. The summed E-state index contributed by atoms with van der Waals surface area (Å²) in [5, 5.41) is 20.1. The van der Waals surface area contributed by atoms with E-state index in [1.807, 2.05) is 12.1 Å². The number of aliphatic hydroxyl groups is 1. The molecule has 4 nitrogen and oxygen atoms in total. The molecule has 0 heterocycles. The van der Waals surface area contributed by atoms with Gasteiger partial charge in [0.2, 0.25) is 0 Å². The van der Waals surface area contributed by atoms with Gasteiger partial charge in [0, 0.05) is 10.9 Å². The minimum absolute atomic E-state index is 0.0980. The van der Waals surface area contributed by atoms with Crippen LogP contribution in [0.3, 0.4) is 0 Å². The lowest BCUT2D eigenvalue weighted by atomic mass is 10.2. The summed E-state index contributed by atoms with van der Waals surface area (Å²) in [6.45, 7) is 1.63. The number of aliphatic hydroxyl groups excluding tert-OH is 1. The van der Waals surface area contributed by atoms with Crippen LogP contribution in [0.5, 0.6) is 0 Å². The van der Waals surface area contributed by atoms with Crippen LogP contribution in [-0.4, -0.2) is 29.4 Å². The number of carbonyl (C=O) groups excluding carboxylic acids is 1. The fourth-order valence-corrected chi connectivity index (χ4v) is 1.95. The minimum atomic E-state index is -0.281. The molecule has 0 fully saturated rings. The average molecular weight is 250 g/mol. The molecule has 0 aliphatic heterocycles. The molecule has 0 radical (unpaired) electrons. The monoisotopic (exact) mass is 250 g/mol. The van der Waals surface area contributed by atoms with Gasteiger partial charge in [-0.2, -0.15) is 5.26 Å². The molecule has 0 bridgehead atoms. The van der Waals surface area contributed by atoms with Crippen molar-refractivity contribution in [3.8, 4) is 6.07 Å². The van der Waals surface area contributed by atoms with Crippen LogP contribution < -0.4 is 5.32 Å². The first-order valence-electron chi connectivity index (χ1n) is 5.19.